The minimum Gasteiger partial charge on any atom is -0.467 e. The largest absolute Gasteiger partial charge is 0.467 e. The van der Waals surface area contributed by atoms with E-state index in [2.05, 4.69) is 25.8 Å². The van der Waals surface area contributed by atoms with E-state index >= 15 is 0 Å². The van der Waals surface area contributed by atoms with Crippen molar-refractivity contribution >= 4 is 17.6 Å². The molecule has 0 bridgehead atoms. The van der Waals surface area contributed by atoms with E-state index in [0.29, 0.717) is 42.5 Å². The van der Waals surface area contributed by atoms with E-state index in [0.717, 1.165) is 24.3 Å². The van der Waals surface area contributed by atoms with Gasteiger partial charge in [0.1, 0.15) is 12.4 Å². The van der Waals surface area contributed by atoms with Gasteiger partial charge >= 0.3 is 0 Å². The number of nitrogens with one attached hydrogen (secondary N) is 2. The zero-order chi connectivity index (χ0) is 19.6. The second-order valence-corrected chi connectivity index (χ2v) is 6.29. The molecule has 0 aliphatic carbocycles. The molecule has 2 heterocycles. The molecule has 0 aliphatic heterocycles. The maximum absolute atomic E-state index is 5.89. The summed E-state index contributed by atoms with van der Waals surface area (Å²) in [5.41, 5.74) is 0.844. The van der Waals surface area contributed by atoms with Crippen LogP contribution < -0.4 is 10.6 Å². The molecule has 1 aromatic carbocycles. The summed E-state index contributed by atoms with van der Waals surface area (Å²) in [4.78, 5) is 8.54. The first kappa shape index (κ1) is 19.9. The molecule has 28 heavy (non-hydrogen) atoms. The van der Waals surface area contributed by atoms with E-state index in [1.807, 2.05) is 24.3 Å². The molecule has 0 fully saturated rings. The lowest BCUT2D eigenvalue weighted by Crippen LogP contribution is -2.37. The Morgan fingerprint density at radius 1 is 1.21 bits per heavy atom. The number of ether oxygens (including phenoxy) is 1. The first-order valence-electron chi connectivity index (χ1n) is 8.88. The Hall–Kier alpha value is -2.84. The molecule has 0 atom stereocenters. The minimum atomic E-state index is 0.370. The van der Waals surface area contributed by atoms with Crippen LogP contribution in [0.3, 0.4) is 0 Å². The second-order valence-electron chi connectivity index (χ2n) is 5.86. The van der Waals surface area contributed by atoms with Crippen LogP contribution in [0.5, 0.6) is 0 Å². The predicted molar refractivity (Wildman–Crippen MR) is 106 cm³/mol. The Morgan fingerprint density at radius 3 is 2.82 bits per heavy atom. The van der Waals surface area contributed by atoms with Gasteiger partial charge in [-0.3, -0.25) is 4.99 Å². The van der Waals surface area contributed by atoms with Crippen LogP contribution in [0.2, 0.25) is 5.02 Å². The average molecular weight is 404 g/mol. The van der Waals surface area contributed by atoms with Crippen molar-refractivity contribution in [3.05, 3.63) is 59.3 Å². The van der Waals surface area contributed by atoms with Gasteiger partial charge < -0.3 is 24.3 Å². The van der Waals surface area contributed by atoms with Gasteiger partial charge in [-0.25, -0.2) is 0 Å². The van der Waals surface area contributed by atoms with Gasteiger partial charge in [-0.05, 0) is 42.8 Å². The van der Waals surface area contributed by atoms with E-state index in [1.54, 1.807) is 25.4 Å². The van der Waals surface area contributed by atoms with Gasteiger partial charge in [0.25, 0.3) is 0 Å². The zero-order valence-electron chi connectivity index (χ0n) is 15.5. The standard InChI is InChI=1S/C19H22ClN5O3/c1-21-19(22-9-3-10-26-13-16-4-2-11-27-16)23-12-17-24-18(25-28-17)14-5-7-15(20)8-6-14/h2,4-8,11H,3,9-10,12-13H2,1H3,(H2,21,22,23). The fourth-order valence-corrected chi connectivity index (χ4v) is 2.50. The predicted octanol–water partition coefficient (Wildman–Crippen LogP) is 3.25. The summed E-state index contributed by atoms with van der Waals surface area (Å²) in [6.07, 6.45) is 2.47. The number of hydrogen-bond donors (Lipinski definition) is 2. The highest BCUT2D eigenvalue weighted by Crippen LogP contribution is 2.18. The van der Waals surface area contributed by atoms with Crippen molar-refractivity contribution in [3.63, 3.8) is 0 Å². The SMILES string of the molecule is CN=C(NCCCOCc1ccco1)NCc1nc(-c2ccc(Cl)cc2)no1. The van der Waals surface area contributed by atoms with Crippen molar-refractivity contribution in [1.82, 2.24) is 20.8 Å². The number of aromatic nitrogens is 2. The normalized spacial score (nSPS) is 11.6. The Balaban J connectivity index is 1.35. The lowest BCUT2D eigenvalue weighted by Gasteiger charge is -2.10. The Morgan fingerprint density at radius 2 is 2.07 bits per heavy atom. The van der Waals surface area contributed by atoms with Gasteiger partial charge in [0.2, 0.25) is 11.7 Å². The van der Waals surface area contributed by atoms with Crippen molar-refractivity contribution in [1.29, 1.82) is 0 Å². The van der Waals surface area contributed by atoms with Crippen molar-refractivity contribution in [2.24, 2.45) is 4.99 Å². The third-order valence-electron chi connectivity index (χ3n) is 3.78. The fourth-order valence-electron chi connectivity index (χ4n) is 2.37. The molecule has 8 nitrogen and oxygen atoms in total. The molecule has 3 rings (SSSR count). The van der Waals surface area contributed by atoms with Crippen LogP contribution in [0.4, 0.5) is 0 Å². The van der Waals surface area contributed by atoms with Crippen molar-refractivity contribution in [2.75, 3.05) is 20.2 Å². The van der Waals surface area contributed by atoms with Gasteiger partial charge in [0.05, 0.1) is 12.8 Å². The highest BCUT2D eigenvalue weighted by molar-refractivity contribution is 6.30. The van der Waals surface area contributed by atoms with E-state index in [1.165, 1.54) is 0 Å². The Bertz CT molecular complexity index is 862. The molecule has 0 spiro atoms. The maximum atomic E-state index is 5.89. The molecular weight excluding hydrogens is 382 g/mol. The van der Waals surface area contributed by atoms with Crippen LogP contribution in [0.15, 0.2) is 56.6 Å². The number of aliphatic imine (C=N–C) groups is 1. The van der Waals surface area contributed by atoms with Crippen LogP contribution in [-0.2, 0) is 17.9 Å². The summed E-state index contributed by atoms with van der Waals surface area (Å²) in [6.45, 7) is 2.19. The van der Waals surface area contributed by atoms with E-state index in [4.69, 9.17) is 25.3 Å². The van der Waals surface area contributed by atoms with Gasteiger partial charge in [0, 0.05) is 30.8 Å². The molecule has 0 saturated heterocycles. The van der Waals surface area contributed by atoms with Gasteiger partial charge in [-0.2, -0.15) is 4.98 Å². The number of nitrogens with zero attached hydrogens (tertiary/aromatic N) is 3. The van der Waals surface area contributed by atoms with Crippen LogP contribution in [0, 0.1) is 0 Å². The quantitative estimate of drug-likeness (QED) is 0.321. The van der Waals surface area contributed by atoms with E-state index < -0.39 is 0 Å². The molecular formula is C19H22ClN5O3. The molecule has 0 aliphatic rings. The van der Waals surface area contributed by atoms with Gasteiger partial charge in [-0.15, -0.1) is 0 Å². The van der Waals surface area contributed by atoms with E-state index in [9.17, 15) is 0 Å². The van der Waals surface area contributed by atoms with Crippen molar-refractivity contribution < 1.29 is 13.7 Å². The smallest absolute Gasteiger partial charge is 0.246 e. The number of guanidine groups is 1. The molecule has 2 aromatic heterocycles. The fraction of sp³-hybridized carbons (Fsp3) is 0.316. The lowest BCUT2D eigenvalue weighted by atomic mass is 10.2. The van der Waals surface area contributed by atoms with Crippen molar-refractivity contribution in [3.8, 4) is 11.4 Å². The summed E-state index contributed by atoms with van der Waals surface area (Å²) in [5.74, 6) is 2.46. The third-order valence-corrected chi connectivity index (χ3v) is 4.04. The molecule has 9 heteroatoms. The molecule has 2 N–H and O–H groups in total. The van der Waals surface area contributed by atoms with E-state index in [-0.39, 0.29) is 0 Å². The molecule has 0 amide bonds. The minimum absolute atomic E-state index is 0.370. The van der Waals surface area contributed by atoms with Crippen LogP contribution in [0.25, 0.3) is 11.4 Å². The summed E-state index contributed by atoms with van der Waals surface area (Å²) in [5, 5.41) is 11.0. The zero-order valence-corrected chi connectivity index (χ0v) is 16.3. The van der Waals surface area contributed by atoms with Crippen molar-refractivity contribution in [2.45, 2.75) is 19.6 Å². The second kappa shape index (κ2) is 10.5. The number of halogens is 1. The third kappa shape index (κ3) is 6.11. The van der Waals surface area contributed by atoms with Crippen LogP contribution in [-0.4, -0.2) is 36.3 Å². The lowest BCUT2D eigenvalue weighted by molar-refractivity contribution is 0.105. The molecule has 148 valence electrons. The Labute approximate surface area is 167 Å². The number of furan rings is 1. The van der Waals surface area contributed by atoms with Crippen LogP contribution >= 0.6 is 11.6 Å². The summed E-state index contributed by atoms with van der Waals surface area (Å²) in [6, 6.07) is 11.0. The summed E-state index contributed by atoms with van der Waals surface area (Å²) >= 11 is 5.89. The molecule has 3 aromatic rings. The highest BCUT2D eigenvalue weighted by Gasteiger charge is 2.09. The van der Waals surface area contributed by atoms with Gasteiger partial charge in [0.15, 0.2) is 5.96 Å². The Kier molecular flexibility index (Phi) is 7.45. The number of benzene rings is 1. The monoisotopic (exact) mass is 403 g/mol. The number of hydrogen-bond acceptors (Lipinski definition) is 6. The topological polar surface area (TPSA) is 97.7 Å². The first-order valence-corrected chi connectivity index (χ1v) is 9.25. The van der Waals surface area contributed by atoms with Gasteiger partial charge in [-0.1, -0.05) is 16.8 Å². The molecule has 0 saturated carbocycles. The average Bonchev–Trinajstić information content (AvgIpc) is 3.39. The maximum Gasteiger partial charge on any atom is 0.246 e. The van der Waals surface area contributed by atoms with Crippen LogP contribution in [0.1, 0.15) is 18.1 Å². The highest BCUT2D eigenvalue weighted by atomic mass is 35.5. The summed E-state index contributed by atoms with van der Waals surface area (Å²) in [7, 11) is 1.70. The molecule has 0 radical (unpaired) electrons. The first-order chi connectivity index (χ1) is 13.7. The summed E-state index contributed by atoms with van der Waals surface area (Å²) < 4.78 is 16.0. The number of rotatable bonds is 9. The molecule has 0 unspecified atom stereocenters.